The van der Waals surface area contributed by atoms with Crippen molar-refractivity contribution in [3.05, 3.63) is 28.2 Å². The topological polar surface area (TPSA) is 18.5 Å². The summed E-state index contributed by atoms with van der Waals surface area (Å²) < 4.78 is 11.1. The summed E-state index contributed by atoms with van der Waals surface area (Å²) in [6, 6.07) is 6.05. The van der Waals surface area contributed by atoms with Crippen molar-refractivity contribution in [3.8, 4) is 5.75 Å². The largest absolute Gasteiger partial charge is 0.496 e. The molecule has 0 atom stereocenters. The number of ether oxygens (including phenoxy) is 2. The summed E-state index contributed by atoms with van der Waals surface area (Å²) >= 11 is 3.43. The van der Waals surface area contributed by atoms with E-state index in [-0.39, 0.29) is 0 Å². The zero-order valence-corrected chi connectivity index (χ0v) is 9.43. The van der Waals surface area contributed by atoms with E-state index in [0.717, 1.165) is 23.2 Å². The van der Waals surface area contributed by atoms with Crippen molar-refractivity contribution in [2.24, 2.45) is 0 Å². The zero-order chi connectivity index (χ0) is 9.68. The third-order valence-corrected chi connectivity index (χ3v) is 2.43. The average Bonchev–Trinajstić information content (AvgIpc) is 2.15. The summed E-state index contributed by atoms with van der Waals surface area (Å²) in [6.07, 6.45) is 0.930. The highest BCUT2D eigenvalue weighted by Gasteiger charge is 2.00. The van der Waals surface area contributed by atoms with Gasteiger partial charge in [0.2, 0.25) is 0 Å². The maximum atomic E-state index is 5.13. The van der Waals surface area contributed by atoms with Crippen molar-refractivity contribution >= 4 is 15.9 Å². The van der Waals surface area contributed by atoms with Gasteiger partial charge in [0.1, 0.15) is 5.75 Å². The lowest BCUT2D eigenvalue weighted by atomic mass is 10.1. The molecule has 0 aromatic heterocycles. The Balaban J connectivity index is 2.71. The third-order valence-electron chi connectivity index (χ3n) is 1.81. The summed E-state index contributed by atoms with van der Waals surface area (Å²) in [6.45, 7) is 0.749. The Labute approximate surface area is 87.0 Å². The highest BCUT2D eigenvalue weighted by Crippen LogP contribution is 2.25. The minimum absolute atomic E-state index is 0.749. The first-order chi connectivity index (χ1) is 6.27. The van der Waals surface area contributed by atoms with Gasteiger partial charge in [0.25, 0.3) is 0 Å². The van der Waals surface area contributed by atoms with Crippen LogP contribution in [0.4, 0.5) is 0 Å². The van der Waals surface area contributed by atoms with Crippen LogP contribution in [0.15, 0.2) is 22.7 Å². The van der Waals surface area contributed by atoms with Crippen LogP contribution in [-0.2, 0) is 11.2 Å². The molecule has 0 aliphatic carbocycles. The van der Waals surface area contributed by atoms with Gasteiger partial charge in [-0.25, -0.2) is 0 Å². The predicted molar refractivity (Wildman–Crippen MR) is 56.3 cm³/mol. The van der Waals surface area contributed by atoms with E-state index in [0.29, 0.717) is 0 Å². The molecule has 13 heavy (non-hydrogen) atoms. The maximum Gasteiger partial charge on any atom is 0.133 e. The molecule has 0 fully saturated rings. The molecular weight excluding hydrogens is 232 g/mol. The van der Waals surface area contributed by atoms with E-state index >= 15 is 0 Å². The first-order valence-corrected chi connectivity index (χ1v) is 4.88. The third kappa shape index (κ3) is 3.01. The minimum Gasteiger partial charge on any atom is -0.496 e. The van der Waals surface area contributed by atoms with Gasteiger partial charge < -0.3 is 9.47 Å². The Kier molecular flexibility index (Phi) is 4.25. The van der Waals surface area contributed by atoms with E-state index in [1.54, 1.807) is 14.2 Å². The molecule has 0 N–H and O–H groups in total. The predicted octanol–water partition coefficient (Wildman–Crippen LogP) is 2.65. The molecule has 0 spiro atoms. The first kappa shape index (κ1) is 10.5. The van der Waals surface area contributed by atoms with Crippen molar-refractivity contribution in [1.82, 2.24) is 0 Å². The number of methoxy groups -OCH3 is 2. The fourth-order valence-electron chi connectivity index (χ4n) is 1.09. The maximum absolute atomic E-state index is 5.13. The number of hydrogen-bond donors (Lipinski definition) is 0. The fourth-order valence-corrected chi connectivity index (χ4v) is 1.67. The molecule has 0 saturated carbocycles. The fraction of sp³-hybridized carbons (Fsp3) is 0.400. The SMILES string of the molecule is COCCc1ccc(OC)c(Br)c1. The Hall–Kier alpha value is -0.540. The van der Waals surface area contributed by atoms with Crippen LogP contribution >= 0.6 is 15.9 Å². The Morgan fingerprint density at radius 3 is 2.62 bits per heavy atom. The number of rotatable bonds is 4. The lowest BCUT2D eigenvalue weighted by Crippen LogP contribution is -1.94. The summed E-state index contributed by atoms with van der Waals surface area (Å²) in [5.74, 6) is 0.862. The monoisotopic (exact) mass is 244 g/mol. The van der Waals surface area contributed by atoms with Crippen LogP contribution in [0.1, 0.15) is 5.56 Å². The molecule has 0 amide bonds. The van der Waals surface area contributed by atoms with E-state index in [4.69, 9.17) is 9.47 Å². The van der Waals surface area contributed by atoms with Gasteiger partial charge in [0.05, 0.1) is 18.2 Å². The molecule has 0 saturated heterocycles. The van der Waals surface area contributed by atoms with Gasteiger partial charge in [-0.15, -0.1) is 0 Å². The summed E-state index contributed by atoms with van der Waals surface area (Å²) in [7, 11) is 3.37. The second-order valence-electron chi connectivity index (χ2n) is 2.71. The standard InChI is InChI=1S/C10H13BrO2/c1-12-6-5-8-3-4-10(13-2)9(11)7-8/h3-4,7H,5-6H2,1-2H3. The number of benzene rings is 1. The van der Waals surface area contributed by atoms with Crippen LogP contribution < -0.4 is 4.74 Å². The lowest BCUT2D eigenvalue weighted by Gasteiger charge is -2.05. The quantitative estimate of drug-likeness (QED) is 0.811. The first-order valence-electron chi connectivity index (χ1n) is 4.09. The van der Waals surface area contributed by atoms with E-state index < -0.39 is 0 Å². The molecule has 1 rings (SSSR count). The van der Waals surface area contributed by atoms with Crippen molar-refractivity contribution in [3.63, 3.8) is 0 Å². The molecule has 0 bridgehead atoms. The second kappa shape index (κ2) is 5.25. The Bertz CT molecular complexity index is 274. The molecule has 1 aromatic carbocycles. The van der Waals surface area contributed by atoms with Gasteiger partial charge >= 0.3 is 0 Å². The average molecular weight is 245 g/mol. The molecule has 2 nitrogen and oxygen atoms in total. The van der Waals surface area contributed by atoms with Crippen LogP contribution in [-0.4, -0.2) is 20.8 Å². The van der Waals surface area contributed by atoms with Gasteiger partial charge in [-0.05, 0) is 40.0 Å². The van der Waals surface area contributed by atoms with Crippen LogP contribution in [0.3, 0.4) is 0 Å². The van der Waals surface area contributed by atoms with E-state index in [9.17, 15) is 0 Å². The van der Waals surface area contributed by atoms with Crippen LogP contribution in [0, 0.1) is 0 Å². The van der Waals surface area contributed by atoms with Crippen LogP contribution in [0.25, 0.3) is 0 Å². The van der Waals surface area contributed by atoms with Crippen LogP contribution in [0.2, 0.25) is 0 Å². The van der Waals surface area contributed by atoms with Gasteiger partial charge in [0.15, 0.2) is 0 Å². The molecular formula is C10H13BrO2. The molecule has 0 aliphatic heterocycles. The van der Waals surface area contributed by atoms with Gasteiger partial charge in [-0.3, -0.25) is 0 Å². The molecule has 3 heteroatoms. The molecule has 0 unspecified atom stereocenters. The molecule has 1 aromatic rings. The van der Waals surface area contributed by atoms with E-state index in [1.165, 1.54) is 5.56 Å². The summed E-state index contributed by atoms with van der Waals surface area (Å²) in [4.78, 5) is 0. The minimum atomic E-state index is 0.749. The van der Waals surface area contributed by atoms with E-state index in [2.05, 4.69) is 22.0 Å². The molecule has 72 valence electrons. The van der Waals surface area contributed by atoms with Crippen molar-refractivity contribution in [2.45, 2.75) is 6.42 Å². The van der Waals surface area contributed by atoms with Crippen LogP contribution in [0.5, 0.6) is 5.75 Å². The molecule has 0 heterocycles. The van der Waals surface area contributed by atoms with E-state index in [1.807, 2.05) is 12.1 Å². The highest BCUT2D eigenvalue weighted by atomic mass is 79.9. The number of hydrogen-bond acceptors (Lipinski definition) is 2. The molecule has 0 radical (unpaired) electrons. The lowest BCUT2D eigenvalue weighted by molar-refractivity contribution is 0.202. The van der Waals surface area contributed by atoms with Crippen molar-refractivity contribution in [1.29, 1.82) is 0 Å². The van der Waals surface area contributed by atoms with Gasteiger partial charge in [-0.1, -0.05) is 6.07 Å². The number of halogens is 1. The summed E-state index contributed by atoms with van der Waals surface area (Å²) in [5.41, 5.74) is 1.24. The Morgan fingerprint density at radius 1 is 1.31 bits per heavy atom. The van der Waals surface area contributed by atoms with Gasteiger partial charge in [0, 0.05) is 7.11 Å². The van der Waals surface area contributed by atoms with Crippen molar-refractivity contribution < 1.29 is 9.47 Å². The summed E-state index contributed by atoms with van der Waals surface area (Å²) in [5, 5.41) is 0. The smallest absolute Gasteiger partial charge is 0.133 e. The zero-order valence-electron chi connectivity index (χ0n) is 7.84. The Morgan fingerprint density at radius 2 is 2.08 bits per heavy atom. The van der Waals surface area contributed by atoms with Crippen molar-refractivity contribution in [2.75, 3.05) is 20.8 Å². The molecule has 0 aliphatic rings. The highest BCUT2D eigenvalue weighted by molar-refractivity contribution is 9.10. The second-order valence-corrected chi connectivity index (χ2v) is 3.57. The normalized spacial score (nSPS) is 10.1. The van der Waals surface area contributed by atoms with Gasteiger partial charge in [-0.2, -0.15) is 0 Å².